The number of methoxy groups -OCH3 is 1. The molecule has 206 valence electrons. The molecule has 1 saturated heterocycles. The largest absolute Gasteiger partial charge is 0.491 e. The molecule has 8 heteroatoms. The number of carbonyl (C=O) groups excluding carboxylic acids is 2. The Balaban J connectivity index is 0.00000420. The molecule has 3 N–H and O–H groups in total. The van der Waals surface area contributed by atoms with E-state index in [1.54, 1.807) is 11.8 Å². The van der Waals surface area contributed by atoms with Gasteiger partial charge in [-0.2, -0.15) is 0 Å². The minimum Gasteiger partial charge on any atom is -0.491 e. The molecule has 39 heavy (non-hydrogen) atoms. The van der Waals surface area contributed by atoms with Gasteiger partial charge in [-0.3, -0.25) is 15.0 Å². The van der Waals surface area contributed by atoms with Crippen LogP contribution in [0.5, 0.6) is 5.75 Å². The molecule has 1 aliphatic heterocycles. The zero-order valence-corrected chi connectivity index (χ0v) is 23.4. The molecular formula is C31H36ClN3O4. The van der Waals surface area contributed by atoms with E-state index in [2.05, 4.69) is 12.1 Å². The number of esters is 1. The number of carbonyl (C=O) groups is 2. The molecule has 1 fully saturated rings. The van der Waals surface area contributed by atoms with Crippen LogP contribution in [-0.4, -0.2) is 48.9 Å². The van der Waals surface area contributed by atoms with Crippen molar-refractivity contribution in [3.8, 4) is 16.9 Å². The number of nitrogens with zero attached hydrogens (tertiary/aromatic N) is 1. The van der Waals surface area contributed by atoms with E-state index < -0.39 is 11.4 Å². The van der Waals surface area contributed by atoms with Crippen molar-refractivity contribution in [1.29, 1.82) is 5.41 Å². The van der Waals surface area contributed by atoms with Crippen LogP contribution in [0.15, 0.2) is 78.9 Å². The molecule has 0 radical (unpaired) electrons. The summed E-state index contributed by atoms with van der Waals surface area (Å²) in [6, 6.07) is 25.1. The first-order chi connectivity index (χ1) is 18.3. The molecule has 3 aromatic carbocycles. The van der Waals surface area contributed by atoms with Gasteiger partial charge in [-0.1, -0.05) is 73.7 Å². The third-order valence-electron chi connectivity index (χ3n) is 7.71. The second-order valence-corrected chi connectivity index (χ2v) is 9.96. The van der Waals surface area contributed by atoms with Crippen LogP contribution >= 0.6 is 12.4 Å². The van der Waals surface area contributed by atoms with E-state index in [1.165, 1.54) is 12.7 Å². The van der Waals surface area contributed by atoms with Crippen molar-refractivity contribution in [3.63, 3.8) is 0 Å². The van der Waals surface area contributed by atoms with Crippen molar-refractivity contribution in [3.05, 3.63) is 90.0 Å². The maximum absolute atomic E-state index is 13.5. The zero-order valence-electron chi connectivity index (χ0n) is 22.6. The topological polar surface area (TPSA) is 106 Å². The average molecular weight is 550 g/mol. The van der Waals surface area contributed by atoms with Crippen LogP contribution in [0.2, 0.25) is 0 Å². The summed E-state index contributed by atoms with van der Waals surface area (Å²) in [5.74, 6) is -0.270. The van der Waals surface area contributed by atoms with E-state index in [1.807, 2.05) is 73.7 Å². The average Bonchev–Trinajstić information content (AvgIpc) is 3.13. The van der Waals surface area contributed by atoms with Crippen molar-refractivity contribution < 1.29 is 19.1 Å². The summed E-state index contributed by atoms with van der Waals surface area (Å²) < 4.78 is 11.2. The van der Waals surface area contributed by atoms with E-state index in [4.69, 9.17) is 20.6 Å². The van der Waals surface area contributed by atoms with Gasteiger partial charge >= 0.3 is 5.97 Å². The Morgan fingerprint density at radius 3 is 2.15 bits per heavy atom. The van der Waals surface area contributed by atoms with E-state index >= 15 is 0 Å². The Morgan fingerprint density at radius 2 is 1.59 bits per heavy atom. The maximum atomic E-state index is 13.5. The molecule has 0 aliphatic carbocycles. The Labute approximate surface area is 236 Å². The number of ether oxygens (including phenoxy) is 2. The maximum Gasteiger partial charge on any atom is 0.321 e. The Bertz CT molecular complexity index is 1280. The number of nitrogen functional groups attached to an aromatic ring is 1. The van der Waals surface area contributed by atoms with Crippen molar-refractivity contribution in [2.45, 2.75) is 32.7 Å². The highest BCUT2D eigenvalue weighted by atomic mass is 35.5. The molecule has 1 heterocycles. The molecule has 1 unspecified atom stereocenters. The second-order valence-electron chi connectivity index (χ2n) is 9.96. The quantitative estimate of drug-likeness (QED) is 0.158. The molecule has 4 rings (SSSR count). The number of likely N-dealkylation sites (tertiary alicyclic amines) is 1. The smallest absolute Gasteiger partial charge is 0.321 e. The Morgan fingerprint density at radius 1 is 1.00 bits per heavy atom. The van der Waals surface area contributed by atoms with E-state index in [-0.39, 0.29) is 42.7 Å². The summed E-state index contributed by atoms with van der Waals surface area (Å²) in [7, 11) is 1.33. The lowest BCUT2D eigenvalue weighted by atomic mass is 9.78. The van der Waals surface area contributed by atoms with Crippen LogP contribution in [0.3, 0.4) is 0 Å². The van der Waals surface area contributed by atoms with Gasteiger partial charge in [0.2, 0.25) is 5.91 Å². The minimum absolute atomic E-state index is 0. The third-order valence-corrected chi connectivity index (χ3v) is 7.71. The predicted molar refractivity (Wildman–Crippen MR) is 155 cm³/mol. The summed E-state index contributed by atoms with van der Waals surface area (Å²) in [5, 5.41) is 7.54. The molecule has 1 amide bonds. The molecule has 1 aliphatic rings. The van der Waals surface area contributed by atoms with Gasteiger partial charge in [0.1, 0.15) is 23.6 Å². The summed E-state index contributed by atoms with van der Waals surface area (Å²) in [6.45, 7) is 4.42. The summed E-state index contributed by atoms with van der Waals surface area (Å²) in [4.78, 5) is 28.0. The van der Waals surface area contributed by atoms with Gasteiger partial charge in [0.05, 0.1) is 13.2 Å². The van der Waals surface area contributed by atoms with Crippen molar-refractivity contribution in [2.75, 3.05) is 20.3 Å². The number of nitrogens with two attached hydrogens (primary N) is 1. The van der Waals surface area contributed by atoms with Crippen LogP contribution < -0.4 is 10.5 Å². The van der Waals surface area contributed by atoms with Crippen LogP contribution in [0.25, 0.3) is 11.1 Å². The third kappa shape index (κ3) is 6.25. The standard InChI is InChI=1S/C31H35N3O4.ClH/c1-21-27(20-38-26-17-15-24(16-18-26)23-11-13-25(14-12-23)28(32)33)34(29(35)31(21,2)30(36)37-3)19-7-10-22-8-5-4-6-9-22;/h4-6,8-9,11-18,21,27H,7,10,19-20H2,1-3H3,(H3,32,33);1H/t21?,27-,31+;/m1./s1. The van der Waals surface area contributed by atoms with Gasteiger partial charge in [0.15, 0.2) is 0 Å². The fourth-order valence-electron chi connectivity index (χ4n) is 5.15. The molecular weight excluding hydrogens is 514 g/mol. The number of hydrogen-bond donors (Lipinski definition) is 2. The summed E-state index contributed by atoms with van der Waals surface area (Å²) >= 11 is 0. The predicted octanol–water partition coefficient (Wildman–Crippen LogP) is 5.10. The minimum atomic E-state index is -1.24. The van der Waals surface area contributed by atoms with Crippen LogP contribution in [0.1, 0.15) is 31.4 Å². The zero-order chi connectivity index (χ0) is 27.3. The lowest BCUT2D eigenvalue weighted by Gasteiger charge is -2.27. The van der Waals surface area contributed by atoms with Crippen LogP contribution in [-0.2, 0) is 20.7 Å². The molecule has 7 nitrogen and oxygen atoms in total. The number of amidine groups is 1. The first-order valence-electron chi connectivity index (χ1n) is 12.9. The van der Waals surface area contributed by atoms with Gasteiger partial charge in [-0.25, -0.2) is 0 Å². The second kappa shape index (κ2) is 12.8. The lowest BCUT2D eigenvalue weighted by Crippen LogP contribution is -2.41. The highest BCUT2D eigenvalue weighted by Crippen LogP contribution is 2.42. The van der Waals surface area contributed by atoms with Crippen LogP contribution in [0.4, 0.5) is 0 Å². The number of amides is 1. The fraction of sp³-hybridized carbons (Fsp3) is 0.323. The van der Waals surface area contributed by atoms with Gasteiger partial charge < -0.3 is 20.1 Å². The monoisotopic (exact) mass is 549 g/mol. The van der Waals surface area contributed by atoms with Crippen molar-refractivity contribution in [1.82, 2.24) is 4.90 Å². The summed E-state index contributed by atoms with van der Waals surface area (Å²) in [5.41, 5.74) is 8.22. The molecule has 3 aromatic rings. The molecule has 0 spiro atoms. The number of aryl methyl sites for hydroxylation is 1. The molecule has 0 saturated carbocycles. The number of nitrogens with one attached hydrogen (secondary N) is 1. The Kier molecular flexibility index (Phi) is 9.76. The number of hydrogen-bond acceptors (Lipinski definition) is 5. The highest BCUT2D eigenvalue weighted by molar-refractivity contribution is 6.04. The van der Waals surface area contributed by atoms with Crippen LogP contribution in [0, 0.1) is 16.7 Å². The number of halogens is 1. The van der Waals surface area contributed by atoms with Gasteiger partial charge in [0.25, 0.3) is 0 Å². The SMILES string of the molecule is COC(=O)[C@]1(C)C(=O)N(CCCc2ccccc2)[C@H](COc2ccc(-c3ccc(C(=N)N)cc3)cc2)C1C.Cl. The van der Waals surface area contributed by atoms with E-state index in [0.717, 1.165) is 24.0 Å². The number of benzene rings is 3. The Hall–Kier alpha value is -3.84. The van der Waals surface area contributed by atoms with E-state index in [9.17, 15) is 9.59 Å². The number of rotatable bonds is 10. The van der Waals surface area contributed by atoms with E-state index in [0.29, 0.717) is 17.9 Å². The summed E-state index contributed by atoms with van der Waals surface area (Å²) in [6.07, 6.45) is 1.63. The van der Waals surface area contributed by atoms with Gasteiger partial charge in [0, 0.05) is 18.0 Å². The molecule has 3 atom stereocenters. The highest BCUT2D eigenvalue weighted by Gasteiger charge is 2.59. The molecule has 0 bridgehead atoms. The fourth-order valence-corrected chi connectivity index (χ4v) is 5.15. The lowest BCUT2D eigenvalue weighted by molar-refractivity contribution is -0.159. The molecule has 0 aromatic heterocycles. The normalized spacial score (nSPS) is 20.3. The van der Waals surface area contributed by atoms with Gasteiger partial charge in [-0.15, -0.1) is 12.4 Å². The van der Waals surface area contributed by atoms with Crippen molar-refractivity contribution >= 4 is 30.1 Å². The first-order valence-corrected chi connectivity index (χ1v) is 12.9. The van der Waals surface area contributed by atoms with Gasteiger partial charge in [-0.05, 0) is 48.6 Å². The van der Waals surface area contributed by atoms with Crippen molar-refractivity contribution in [2.24, 2.45) is 17.1 Å². The first kappa shape index (κ1) is 29.7.